The van der Waals surface area contributed by atoms with Gasteiger partial charge in [0.2, 0.25) is 5.91 Å². The number of phenolic OH excluding ortho intramolecular Hbond substituents is 1. The molecule has 1 amide bonds. The monoisotopic (exact) mass is 287 g/mol. The second kappa shape index (κ2) is 7.01. The molecule has 2 N–H and O–H groups in total. The highest BCUT2D eigenvalue weighted by atomic mass is 32.2. The summed E-state index contributed by atoms with van der Waals surface area (Å²) in [7, 11) is 0. The average molecular weight is 287 g/mol. The van der Waals surface area contributed by atoms with Crippen LogP contribution in [0.3, 0.4) is 0 Å². The second-order valence-corrected chi connectivity index (χ2v) is 5.60. The summed E-state index contributed by atoms with van der Waals surface area (Å²) in [5.41, 5.74) is 2.30. The molecule has 0 saturated heterocycles. The van der Waals surface area contributed by atoms with Gasteiger partial charge in [-0.15, -0.1) is 11.8 Å². The zero-order valence-corrected chi connectivity index (χ0v) is 12.1. The average Bonchev–Trinajstić information content (AvgIpc) is 2.45. The van der Waals surface area contributed by atoms with Crippen LogP contribution in [-0.4, -0.2) is 16.8 Å². The minimum Gasteiger partial charge on any atom is -0.508 e. The van der Waals surface area contributed by atoms with Crippen molar-refractivity contribution >= 4 is 17.7 Å². The number of aryl methyl sites for hydroxylation is 1. The number of hydrogen-bond donors (Lipinski definition) is 2. The molecule has 0 saturated carbocycles. The minimum absolute atomic E-state index is 0.0149. The van der Waals surface area contributed by atoms with Crippen LogP contribution in [0.2, 0.25) is 0 Å². The second-order valence-electron chi connectivity index (χ2n) is 4.55. The Hall–Kier alpha value is -1.94. The lowest BCUT2D eigenvalue weighted by atomic mass is 10.1. The molecule has 0 fully saturated rings. The highest BCUT2D eigenvalue weighted by Gasteiger charge is 2.03. The summed E-state index contributed by atoms with van der Waals surface area (Å²) in [6.07, 6.45) is 0. The van der Waals surface area contributed by atoms with Gasteiger partial charge in [-0.05, 0) is 30.7 Å². The van der Waals surface area contributed by atoms with Crippen molar-refractivity contribution in [2.45, 2.75) is 18.4 Å². The van der Waals surface area contributed by atoms with Gasteiger partial charge in [0, 0.05) is 11.4 Å². The Morgan fingerprint density at radius 1 is 1.20 bits per heavy atom. The molecular weight excluding hydrogens is 270 g/mol. The maximum Gasteiger partial charge on any atom is 0.230 e. The fourth-order valence-electron chi connectivity index (χ4n) is 1.68. The molecule has 2 rings (SSSR count). The van der Waals surface area contributed by atoms with E-state index in [-0.39, 0.29) is 11.7 Å². The Morgan fingerprint density at radius 3 is 2.65 bits per heavy atom. The molecular formula is C16H17NO2S. The summed E-state index contributed by atoms with van der Waals surface area (Å²) in [6, 6.07) is 15.0. The fraction of sp³-hybridized carbons (Fsp3) is 0.188. The molecule has 0 bridgehead atoms. The predicted molar refractivity (Wildman–Crippen MR) is 81.9 cm³/mol. The lowest BCUT2D eigenvalue weighted by Gasteiger charge is -2.06. The number of carbonyl (C=O) groups is 1. The third-order valence-electron chi connectivity index (χ3n) is 2.80. The highest BCUT2D eigenvalue weighted by molar-refractivity contribution is 8.00. The van der Waals surface area contributed by atoms with Gasteiger partial charge in [-0.2, -0.15) is 0 Å². The maximum atomic E-state index is 11.7. The Balaban J connectivity index is 1.77. The normalized spacial score (nSPS) is 10.2. The van der Waals surface area contributed by atoms with Crippen LogP contribution in [0.25, 0.3) is 0 Å². The van der Waals surface area contributed by atoms with Crippen LogP contribution in [0.4, 0.5) is 0 Å². The summed E-state index contributed by atoms with van der Waals surface area (Å²) < 4.78 is 0. The summed E-state index contributed by atoms with van der Waals surface area (Å²) in [5, 5.41) is 12.2. The first-order chi connectivity index (χ1) is 9.63. The third kappa shape index (κ3) is 4.63. The number of nitrogens with one attached hydrogen (secondary N) is 1. The van der Waals surface area contributed by atoms with Gasteiger partial charge in [0.1, 0.15) is 5.75 Å². The number of carbonyl (C=O) groups excluding carboxylic acids is 1. The van der Waals surface area contributed by atoms with Crippen molar-refractivity contribution in [3.63, 3.8) is 0 Å². The van der Waals surface area contributed by atoms with Crippen molar-refractivity contribution in [2.75, 3.05) is 5.75 Å². The van der Waals surface area contributed by atoms with Crippen LogP contribution < -0.4 is 5.32 Å². The van der Waals surface area contributed by atoms with E-state index in [1.54, 1.807) is 18.2 Å². The van der Waals surface area contributed by atoms with Gasteiger partial charge in [-0.25, -0.2) is 0 Å². The van der Waals surface area contributed by atoms with Crippen LogP contribution >= 0.6 is 11.8 Å². The number of benzene rings is 2. The molecule has 4 heteroatoms. The predicted octanol–water partition coefficient (Wildman–Crippen LogP) is 3.11. The van der Waals surface area contributed by atoms with Crippen molar-refractivity contribution in [3.05, 3.63) is 59.7 Å². The minimum atomic E-state index is -0.0149. The molecule has 0 aliphatic rings. The van der Waals surface area contributed by atoms with Crippen molar-refractivity contribution in [3.8, 4) is 5.75 Å². The summed E-state index contributed by atoms with van der Waals surface area (Å²) in [6.45, 7) is 2.58. The van der Waals surface area contributed by atoms with Crippen LogP contribution in [0, 0.1) is 6.92 Å². The van der Waals surface area contributed by atoms with Crippen molar-refractivity contribution in [2.24, 2.45) is 0 Å². The molecule has 0 atom stereocenters. The van der Waals surface area contributed by atoms with E-state index in [9.17, 15) is 9.90 Å². The van der Waals surface area contributed by atoms with Gasteiger partial charge in [0.25, 0.3) is 0 Å². The van der Waals surface area contributed by atoms with E-state index in [2.05, 4.69) is 5.32 Å². The SMILES string of the molecule is Cc1ccc(CNC(=O)CSc2cccc(O)c2)cc1. The van der Waals surface area contributed by atoms with Crippen molar-refractivity contribution in [1.29, 1.82) is 0 Å². The van der Waals surface area contributed by atoms with Gasteiger partial charge < -0.3 is 10.4 Å². The van der Waals surface area contributed by atoms with Crippen LogP contribution in [0.1, 0.15) is 11.1 Å². The van der Waals surface area contributed by atoms with E-state index in [1.807, 2.05) is 37.3 Å². The topological polar surface area (TPSA) is 49.3 Å². The Labute approximate surface area is 123 Å². The van der Waals surface area contributed by atoms with Gasteiger partial charge in [0.05, 0.1) is 5.75 Å². The third-order valence-corrected chi connectivity index (χ3v) is 3.79. The maximum absolute atomic E-state index is 11.7. The van der Waals surface area contributed by atoms with Crippen LogP contribution in [0.5, 0.6) is 5.75 Å². The van der Waals surface area contributed by atoms with E-state index >= 15 is 0 Å². The van der Waals surface area contributed by atoms with Crippen molar-refractivity contribution < 1.29 is 9.90 Å². The van der Waals surface area contributed by atoms with Gasteiger partial charge in [-0.3, -0.25) is 4.79 Å². The van der Waals surface area contributed by atoms with Gasteiger partial charge in [-0.1, -0.05) is 35.9 Å². The quantitative estimate of drug-likeness (QED) is 0.831. The zero-order valence-electron chi connectivity index (χ0n) is 11.3. The number of aromatic hydroxyl groups is 1. The number of phenols is 1. The summed E-state index contributed by atoms with van der Waals surface area (Å²) in [4.78, 5) is 12.6. The van der Waals surface area contributed by atoms with Crippen LogP contribution in [0.15, 0.2) is 53.4 Å². The van der Waals surface area contributed by atoms with Gasteiger partial charge in [0.15, 0.2) is 0 Å². The zero-order chi connectivity index (χ0) is 14.4. The van der Waals surface area contributed by atoms with Crippen LogP contribution in [-0.2, 0) is 11.3 Å². The molecule has 0 radical (unpaired) electrons. The largest absolute Gasteiger partial charge is 0.508 e. The first-order valence-electron chi connectivity index (χ1n) is 6.37. The number of hydrogen-bond acceptors (Lipinski definition) is 3. The molecule has 104 valence electrons. The smallest absolute Gasteiger partial charge is 0.230 e. The standard InChI is InChI=1S/C16H17NO2S/c1-12-5-7-13(8-6-12)10-17-16(19)11-20-15-4-2-3-14(18)9-15/h2-9,18H,10-11H2,1H3,(H,17,19). The number of amides is 1. The lowest BCUT2D eigenvalue weighted by molar-refractivity contribution is -0.118. The molecule has 0 unspecified atom stereocenters. The molecule has 0 aromatic heterocycles. The summed E-state index contributed by atoms with van der Waals surface area (Å²) >= 11 is 1.41. The molecule has 0 heterocycles. The van der Waals surface area contributed by atoms with E-state index in [0.717, 1.165) is 10.5 Å². The molecule has 0 aliphatic heterocycles. The van der Waals surface area contributed by atoms with Gasteiger partial charge >= 0.3 is 0 Å². The fourth-order valence-corrected chi connectivity index (χ4v) is 2.46. The van der Waals surface area contributed by atoms with E-state index < -0.39 is 0 Å². The molecule has 0 aliphatic carbocycles. The molecule has 2 aromatic carbocycles. The summed E-state index contributed by atoms with van der Waals surface area (Å²) in [5.74, 6) is 0.545. The first-order valence-corrected chi connectivity index (χ1v) is 7.36. The highest BCUT2D eigenvalue weighted by Crippen LogP contribution is 2.21. The number of rotatable bonds is 5. The lowest BCUT2D eigenvalue weighted by Crippen LogP contribution is -2.24. The van der Waals surface area contributed by atoms with E-state index in [4.69, 9.17) is 0 Å². The Kier molecular flexibility index (Phi) is 5.07. The van der Waals surface area contributed by atoms with Crippen molar-refractivity contribution in [1.82, 2.24) is 5.32 Å². The Morgan fingerprint density at radius 2 is 1.95 bits per heavy atom. The van der Waals surface area contributed by atoms with E-state index in [1.165, 1.54) is 17.3 Å². The van der Waals surface area contributed by atoms with E-state index in [0.29, 0.717) is 12.3 Å². The molecule has 3 nitrogen and oxygen atoms in total. The number of thioether (sulfide) groups is 1. The Bertz CT molecular complexity index is 581. The molecule has 20 heavy (non-hydrogen) atoms. The first kappa shape index (κ1) is 14.5. The molecule has 0 spiro atoms. The molecule has 2 aromatic rings.